The topological polar surface area (TPSA) is 76.2 Å². The van der Waals surface area contributed by atoms with Crippen molar-refractivity contribution in [3.05, 3.63) is 52.3 Å². The van der Waals surface area contributed by atoms with E-state index in [2.05, 4.69) is 20.8 Å². The number of rotatable bonds is 5. The fourth-order valence-electron chi connectivity index (χ4n) is 3.15. The normalized spacial score (nSPS) is 10.7. The summed E-state index contributed by atoms with van der Waals surface area (Å²) in [5, 5.41) is 9.37. The quantitative estimate of drug-likeness (QED) is 0.732. The van der Waals surface area contributed by atoms with Gasteiger partial charge in [0.1, 0.15) is 0 Å². The van der Waals surface area contributed by atoms with Crippen molar-refractivity contribution in [1.82, 2.24) is 4.98 Å². The molecule has 27 heavy (non-hydrogen) atoms. The summed E-state index contributed by atoms with van der Waals surface area (Å²) in [4.78, 5) is 16.2. The van der Waals surface area contributed by atoms with Gasteiger partial charge in [-0.1, -0.05) is 50.6 Å². The summed E-state index contributed by atoms with van der Waals surface area (Å²) < 4.78 is 0. The minimum absolute atomic E-state index is 0. The first kappa shape index (κ1) is 25.4. The summed E-state index contributed by atoms with van der Waals surface area (Å²) in [6, 6.07) is 8.16. The highest BCUT2D eigenvalue weighted by molar-refractivity contribution is 5.85. The molecular weight excluding hydrogens is 383 g/mol. The maximum Gasteiger partial charge on any atom is 0.307 e. The summed E-state index contributed by atoms with van der Waals surface area (Å²) in [5.41, 5.74) is 12.7. The van der Waals surface area contributed by atoms with Crippen LogP contribution in [0.3, 0.4) is 0 Å². The second-order valence-corrected chi connectivity index (χ2v) is 7.85. The van der Waals surface area contributed by atoms with Gasteiger partial charge in [0.2, 0.25) is 0 Å². The van der Waals surface area contributed by atoms with Gasteiger partial charge < -0.3 is 10.8 Å². The molecule has 1 heterocycles. The molecule has 1 aromatic heterocycles. The number of benzene rings is 1. The lowest BCUT2D eigenvalue weighted by atomic mass is 9.84. The van der Waals surface area contributed by atoms with Crippen molar-refractivity contribution in [2.24, 2.45) is 11.1 Å². The molecule has 0 saturated carbocycles. The van der Waals surface area contributed by atoms with E-state index in [9.17, 15) is 9.90 Å². The van der Waals surface area contributed by atoms with E-state index in [0.29, 0.717) is 6.54 Å². The van der Waals surface area contributed by atoms with Crippen molar-refractivity contribution in [2.45, 2.75) is 54.0 Å². The Morgan fingerprint density at radius 1 is 1.07 bits per heavy atom. The van der Waals surface area contributed by atoms with Crippen LogP contribution in [0.2, 0.25) is 0 Å². The molecule has 0 aliphatic carbocycles. The number of pyridine rings is 1. The molecule has 0 amide bonds. The molecule has 2 rings (SSSR count). The van der Waals surface area contributed by atoms with E-state index in [1.807, 2.05) is 38.1 Å². The van der Waals surface area contributed by atoms with E-state index in [1.54, 1.807) is 0 Å². The number of carbonyl (C=O) groups is 1. The SMILES string of the molecule is Cc1ccc(-c2c(CC(=O)O)c(C)nc(CC(C)(C)C)c2CN)cc1.Cl.Cl. The molecule has 2 aromatic rings. The number of aliphatic carboxylic acids is 1. The zero-order valence-electron chi connectivity index (χ0n) is 16.6. The highest BCUT2D eigenvalue weighted by Gasteiger charge is 2.23. The molecule has 0 unspecified atom stereocenters. The van der Waals surface area contributed by atoms with E-state index in [1.165, 1.54) is 5.56 Å². The third kappa shape index (κ3) is 6.49. The van der Waals surface area contributed by atoms with E-state index in [-0.39, 0.29) is 36.6 Å². The third-order valence-electron chi connectivity index (χ3n) is 4.26. The van der Waals surface area contributed by atoms with Crippen molar-refractivity contribution < 1.29 is 9.90 Å². The van der Waals surface area contributed by atoms with Crippen molar-refractivity contribution in [1.29, 1.82) is 0 Å². The summed E-state index contributed by atoms with van der Waals surface area (Å²) in [7, 11) is 0. The minimum Gasteiger partial charge on any atom is -0.481 e. The Kier molecular flexibility index (Phi) is 9.47. The minimum atomic E-state index is -0.857. The first-order chi connectivity index (χ1) is 11.6. The highest BCUT2D eigenvalue weighted by Crippen LogP contribution is 2.34. The van der Waals surface area contributed by atoms with E-state index < -0.39 is 5.97 Å². The smallest absolute Gasteiger partial charge is 0.307 e. The molecule has 0 atom stereocenters. The zero-order chi connectivity index (χ0) is 18.8. The number of aryl methyl sites for hydroxylation is 2. The van der Waals surface area contributed by atoms with E-state index >= 15 is 0 Å². The second kappa shape index (κ2) is 10.1. The number of halogens is 2. The second-order valence-electron chi connectivity index (χ2n) is 7.85. The predicted octanol–water partition coefficient (Wildman–Crippen LogP) is 4.88. The molecule has 150 valence electrons. The van der Waals surface area contributed by atoms with Gasteiger partial charge in [0.15, 0.2) is 0 Å². The molecule has 1 aromatic carbocycles. The molecule has 6 heteroatoms. The maximum atomic E-state index is 11.4. The Hall–Kier alpha value is -1.62. The average Bonchev–Trinajstić information content (AvgIpc) is 2.48. The molecule has 0 aliphatic rings. The van der Waals surface area contributed by atoms with Crippen LogP contribution in [0.4, 0.5) is 0 Å². The fourth-order valence-corrected chi connectivity index (χ4v) is 3.15. The standard InChI is InChI=1S/C21H28N2O2.2ClH/c1-13-6-8-15(9-7-13)20-16(10-19(24)25)14(2)23-18(17(20)12-22)11-21(3,4)5;;/h6-9H,10-12,22H2,1-5H3,(H,24,25);2*1H. The van der Waals surface area contributed by atoms with Crippen LogP contribution in [-0.4, -0.2) is 16.1 Å². The first-order valence-corrected chi connectivity index (χ1v) is 8.62. The van der Waals surface area contributed by atoms with Crippen molar-refractivity contribution >= 4 is 30.8 Å². The average molecular weight is 413 g/mol. The number of nitrogens with zero attached hydrogens (tertiary/aromatic N) is 1. The third-order valence-corrected chi connectivity index (χ3v) is 4.26. The Bertz CT molecular complexity index is 782. The number of aromatic nitrogens is 1. The Balaban J connectivity index is 0.00000338. The molecule has 3 N–H and O–H groups in total. The monoisotopic (exact) mass is 412 g/mol. The van der Waals surface area contributed by atoms with Crippen molar-refractivity contribution in [3.63, 3.8) is 0 Å². The van der Waals surface area contributed by atoms with E-state index in [0.717, 1.165) is 40.1 Å². The Morgan fingerprint density at radius 3 is 2.07 bits per heavy atom. The van der Waals surface area contributed by atoms with Gasteiger partial charge in [0.25, 0.3) is 0 Å². The number of hydrogen-bond donors (Lipinski definition) is 2. The van der Waals surface area contributed by atoms with Gasteiger partial charge in [-0.2, -0.15) is 0 Å². The van der Waals surface area contributed by atoms with Crippen molar-refractivity contribution in [3.8, 4) is 11.1 Å². The molecular formula is C21H30Cl2N2O2. The van der Waals surface area contributed by atoms with Gasteiger partial charge >= 0.3 is 5.97 Å². The number of carboxylic acids is 1. The van der Waals surface area contributed by atoms with Gasteiger partial charge in [-0.3, -0.25) is 9.78 Å². The predicted molar refractivity (Wildman–Crippen MR) is 116 cm³/mol. The van der Waals surface area contributed by atoms with Crippen LogP contribution in [0.25, 0.3) is 11.1 Å². The summed E-state index contributed by atoms with van der Waals surface area (Å²) >= 11 is 0. The highest BCUT2D eigenvalue weighted by atomic mass is 35.5. The molecule has 0 radical (unpaired) electrons. The van der Waals surface area contributed by atoms with Crippen LogP contribution in [0.1, 0.15) is 48.8 Å². The maximum absolute atomic E-state index is 11.4. The Labute approximate surface area is 174 Å². The van der Waals surface area contributed by atoms with E-state index in [4.69, 9.17) is 10.7 Å². The van der Waals surface area contributed by atoms with Gasteiger partial charge in [-0.25, -0.2) is 0 Å². The zero-order valence-corrected chi connectivity index (χ0v) is 18.3. The summed E-state index contributed by atoms with van der Waals surface area (Å²) in [6.07, 6.45) is 0.747. The molecule has 4 nitrogen and oxygen atoms in total. The molecule has 0 spiro atoms. The first-order valence-electron chi connectivity index (χ1n) is 8.62. The lowest BCUT2D eigenvalue weighted by Gasteiger charge is -2.24. The summed E-state index contributed by atoms with van der Waals surface area (Å²) in [6.45, 7) is 10.8. The summed E-state index contributed by atoms with van der Waals surface area (Å²) in [5.74, 6) is -0.857. The number of nitrogens with two attached hydrogens (primary N) is 1. The van der Waals surface area contributed by atoms with Crippen LogP contribution in [0, 0.1) is 19.3 Å². The van der Waals surface area contributed by atoms with Crippen LogP contribution in [0.15, 0.2) is 24.3 Å². The molecule has 0 aliphatic heterocycles. The van der Waals surface area contributed by atoms with Gasteiger partial charge in [-0.05, 0) is 47.9 Å². The number of carboxylic acid groups (broad SMARTS) is 1. The van der Waals surface area contributed by atoms with Crippen LogP contribution >= 0.6 is 24.8 Å². The lowest BCUT2D eigenvalue weighted by Crippen LogP contribution is -2.18. The molecule has 0 saturated heterocycles. The van der Waals surface area contributed by atoms with Crippen LogP contribution < -0.4 is 5.73 Å². The van der Waals surface area contributed by atoms with Gasteiger partial charge in [-0.15, -0.1) is 24.8 Å². The molecule has 0 bridgehead atoms. The van der Waals surface area contributed by atoms with Gasteiger partial charge in [0, 0.05) is 17.9 Å². The lowest BCUT2D eigenvalue weighted by molar-refractivity contribution is -0.136. The van der Waals surface area contributed by atoms with Gasteiger partial charge in [0.05, 0.1) is 6.42 Å². The fraction of sp³-hybridized carbons (Fsp3) is 0.429. The Morgan fingerprint density at radius 2 is 1.63 bits per heavy atom. The van der Waals surface area contributed by atoms with Crippen LogP contribution in [-0.2, 0) is 24.2 Å². The largest absolute Gasteiger partial charge is 0.481 e. The molecule has 0 fully saturated rings. The number of hydrogen-bond acceptors (Lipinski definition) is 3. The van der Waals surface area contributed by atoms with Crippen LogP contribution in [0.5, 0.6) is 0 Å². The van der Waals surface area contributed by atoms with Crippen molar-refractivity contribution in [2.75, 3.05) is 0 Å².